The second-order valence-electron chi connectivity index (χ2n) is 6.05. The van der Waals surface area contributed by atoms with Crippen LogP contribution in [-0.2, 0) is 4.74 Å². The van der Waals surface area contributed by atoms with Crippen LogP contribution in [-0.4, -0.2) is 25.3 Å². The number of nitrogens with two attached hydrogens (primary N) is 1. The monoisotopic (exact) mass is 278 g/mol. The van der Waals surface area contributed by atoms with E-state index in [-0.39, 0.29) is 11.9 Å². The third-order valence-electron chi connectivity index (χ3n) is 4.59. The van der Waals surface area contributed by atoms with Gasteiger partial charge in [-0.15, -0.1) is 0 Å². The van der Waals surface area contributed by atoms with Gasteiger partial charge in [0.25, 0.3) is 0 Å². The van der Waals surface area contributed by atoms with Crippen molar-refractivity contribution in [3.8, 4) is 0 Å². The van der Waals surface area contributed by atoms with Gasteiger partial charge in [-0.1, -0.05) is 0 Å². The third-order valence-corrected chi connectivity index (χ3v) is 4.59. The van der Waals surface area contributed by atoms with E-state index in [9.17, 15) is 4.39 Å². The van der Waals surface area contributed by atoms with E-state index < -0.39 is 0 Å². The molecule has 4 heteroatoms. The first kappa shape index (κ1) is 13.8. The van der Waals surface area contributed by atoms with Gasteiger partial charge in [0.05, 0.1) is 18.8 Å². The van der Waals surface area contributed by atoms with E-state index in [4.69, 9.17) is 10.5 Å². The van der Waals surface area contributed by atoms with Gasteiger partial charge in [0, 0.05) is 18.3 Å². The predicted molar refractivity (Wildman–Crippen MR) is 78.5 cm³/mol. The molecule has 2 fully saturated rings. The number of morpholine rings is 1. The van der Waals surface area contributed by atoms with E-state index in [1.54, 1.807) is 6.07 Å². The zero-order chi connectivity index (χ0) is 14.3. The zero-order valence-electron chi connectivity index (χ0n) is 12.2. The van der Waals surface area contributed by atoms with Crippen molar-refractivity contribution in [2.75, 3.05) is 18.1 Å². The predicted octanol–water partition coefficient (Wildman–Crippen LogP) is 2.91. The van der Waals surface area contributed by atoms with Crippen molar-refractivity contribution in [2.45, 2.75) is 51.3 Å². The lowest BCUT2D eigenvalue weighted by Gasteiger charge is -2.40. The molecule has 0 aromatic heterocycles. The molecule has 3 nitrogen and oxygen atoms in total. The quantitative estimate of drug-likeness (QED) is 0.904. The Bertz CT molecular complexity index is 503. The largest absolute Gasteiger partial charge is 0.374 e. The van der Waals surface area contributed by atoms with Crippen LogP contribution in [0.4, 0.5) is 10.1 Å². The highest BCUT2D eigenvalue weighted by molar-refractivity contribution is 5.58. The van der Waals surface area contributed by atoms with Crippen molar-refractivity contribution in [1.82, 2.24) is 0 Å². The third kappa shape index (κ3) is 2.31. The maximum atomic E-state index is 13.9. The molecule has 1 aromatic rings. The van der Waals surface area contributed by atoms with Crippen LogP contribution in [0.5, 0.6) is 0 Å². The molecular formula is C16H23FN2O. The van der Waals surface area contributed by atoms with Gasteiger partial charge in [-0.3, -0.25) is 0 Å². The lowest BCUT2D eigenvalue weighted by atomic mass is 10.00. The molecule has 0 radical (unpaired) electrons. The Morgan fingerprint density at radius 2 is 2.20 bits per heavy atom. The number of hydrogen-bond acceptors (Lipinski definition) is 3. The SMILES string of the molecule is Cc1cc(N2CCOC3CCCC32)c([C@@H](C)N)cc1F. The van der Waals surface area contributed by atoms with Gasteiger partial charge in [-0.2, -0.15) is 0 Å². The number of fused-ring (bicyclic) bond motifs is 1. The van der Waals surface area contributed by atoms with Crippen molar-refractivity contribution in [3.63, 3.8) is 0 Å². The zero-order valence-corrected chi connectivity index (χ0v) is 12.2. The summed E-state index contributed by atoms with van der Waals surface area (Å²) in [7, 11) is 0. The fourth-order valence-electron chi connectivity index (χ4n) is 3.52. The number of nitrogens with zero attached hydrogens (tertiary/aromatic N) is 1. The summed E-state index contributed by atoms with van der Waals surface area (Å²) in [5.41, 5.74) is 8.74. The first-order chi connectivity index (χ1) is 9.58. The smallest absolute Gasteiger partial charge is 0.126 e. The molecule has 3 atom stereocenters. The number of anilines is 1. The highest BCUT2D eigenvalue weighted by Gasteiger charge is 2.37. The molecular weight excluding hydrogens is 255 g/mol. The maximum Gasteiger partial charge on any atom is 0.126 e. The molecule has 1 saturated heterocycles. The van der Waals surface area contributed by atoms with E-state index in [1.165, 1.54) is 6.42 Å². The highest BCUT2D eigenvalue weighted by atomic mass is 19.1. The lowest BCUT2D eigenvalue weighted by Crippen LogP contribution is -2.49. The Morgan fingerprint density at radius 1 is 1.40 bits per heavy atom. The number of benzene rings is 1. The van der Waals surface area contributed by atoms with E-state index in [0.717, 1.165) is 37.2 Å². The number of rotatable bonds is 2. The van der Waals surface area contributed by atoms with Crippen LogP contribution in [0.3, 0.4) is 0 Å². The summed E-state index contributed by atoms with van der Waals surface area (Å²) in [5, 5.41) is 0. The summed E-state index contributed by atoms with van der Waals surface area (Å²) in [6.07, 6.45) is 3.82. The molecule has 2 aliphatic rings. The van der Waals surface area contributed by atoms with Crippen LogP contribution in [0.2, 0.25) is 0 Å². The van der Waals surface area contributed by atoms with E-state index in [2.05, 4.69) is 4.90 Å². The van der Waals surface area contributed by atoms with Gasteiger partial charge in [0.2, 0.25) is 0 Å². The van der Waals surface area contributed by atoms with Crippen LogP contribution >= 0.6 is 0 Å². The summed E-state index contributed by atoms with van der Waals surface area (Å²) in [4.78, 5) is 2.40. The Morgan fingerprint density at radius 3 is 2.95 bits per heavy atom. The summed E-state index contributed by atoms with van der Waals surface area (Å²) < 4.78 is 19.7. The van der Waals surface area contributed by atoms with Crippen molar-refractivity contribution >= 4 is 5.69 Å². The number of aryl methyl sites for hydroxylation is 1. The summed E-state index contributed by atoms with van der Waals surface area (Å²) in [6, 6.07) is 3.82. The molecule has 1 aliphatic carbocycles. The Hall–Kier alpha value is -1.13. The van der Waals surface area contributed by atoms with E-state index in [1.807, 2.05) is 19.9 Å². The maximum absolute atomic E-state index is 13.9. The first-order valence-corrected chi connectivity index (χ1v) is 7.52. The molecule has 0 spiro atoms. The average Bonchev–Trinajstić information content (AvgIpc) is 2.89. The molecule has 2 N–H and O–H groups in total. The summed E-state index contributed by atoms with van der Waals surface area (Å²) >= 11 is 0. The molecule has 1 heterocycles. The van der Waals surface area contributed by atoms with E-state index >= 15 is 0 Å². The van der Waals surface area contributed by atoms with Gasteiger partial charge < -0.3 is 15.4 Å². The number of ether oxygens (including phenoxy) is 1. The Labute approximate surface area is 119 Å². The minimum atomic E-state index is -0.169. The molecule has 1 saturated carbocycles. The van der Waals surface area contributed by atoms with Gasteiger partial charge in [0.15, 0.2) is 0 Å². The minimum absolute atomic E-state index is 0.164. The normalized spacial score (nSPS) is 27.5. The van der Waals surface area contributed by atoms with Gasteiger partial charge in [-0.05, 0) is 56.4 Å². The molecule has 0 amide bonds. The van der Waals surface area contributed by atoms with Crippen LogP contribution in [0.1, 0.15) is 43.4 Å². The van der Waals surface area contributed by atoms with Crippen molar-refractivity contribution in [2.24, 2.45) is 5.73 Å². The number of hydrogen-bond donors (Lipinski definition) is 1. The topological polar surface area (TPSA) is 38.5 Å². The van der Waals surface area contributed by atoms with Gasteiger partial charge in [-0.25, -0.2) is 4.39 Å². The average molecular weight is 278 g/mol. The molecule has 20 heavy (non-hydrogen) atoms. The Kier molecular flexibility index (Phi) is 3.69. The first-order valence-electron chi connectivity index (χ1n) is 7.52. The highest BCUT2D eigenvalue weighted by Crippen LogP contribution is 2.37. The molecule has 2 unspecified atom stereocenters. The van der Waals surface area contributed by atoms with Crippen molar-refractivity contribution < 1.29 is 9.13 Å². The van der Waals surface area contributed by atoms with Crippen LogP contribution in [0.15, 0.2) is 12.1 Å². The Balaban J connectivity index is 2.01. The second-order valence-corrected chi connectivity index (χ2v) is 6.05. The standard InChI is InChI=1S/C16H23FN2O/c1-10-8-15(12(11(2)18)9-13(10)17)19-6-7-20-16-5-3-4-14(16)19/h8-9,11,14,16H,3-7,18H2,1-2H3/t11-,14?,16?/m1/s1. The lowest BCUT2D eigenvalue weighted by molar-refractivity contribution is 0.0255. The summed E-state index contributed by atoms with van der Waals surface area (Å²) in [6.45, 7) is 5.35. The molecule has 3 rings (SSSR count). The summed E-state index contributed by atoms with van der Waals surface area (Å²) in [5.74, 6) is -0.169. The molecule has 110 valence electrons. The second kappa shape index (κ2) is 5.34. The minimum Gasteiger partial charge on any atom is -0.374 e. The van der Waals surface area contributed by atoms with Crippen LogP contribution in [0.25, 0.3) is 0 Å². The number of halogens is 1. The molecule has 1 aliphatic heterocycles. The van der Waals surface area contributed by atoms with Crippen LogP contribution < -0.4 is 10.6 Å². The fourth-order valence-corrected chi connectivity index (χ4v) is 3.52. The van der Waals surface area contributed by atoms with Gasteiger partial charge in [0.1, 0.15) is 5.82 Å². The molecule has 0 bridgehead atoms. The van der Waals surface area contributed by atoms with Gasteiger partial charge >= 0.3 is 0 Å². The van der Waals surface area contributed by atoms with Crippen molar-refractivity contribution in [3.05, 3.63) is 29.1 Å². The van der Waals surface area contributed by atoms with Crippen molar-refractivity contribution in [1.29, 1.82) is 0 Å². The van der Waals surface area contributed by atoms with E-state index in [0.29, 0.717) is 17.7 Å². The van der Waals surface area contributed by atoms with Crippen LogP contribution in [0, 0.1) is 12.7 Å². The fraction of sp³-hybridized carbons (Fsp3) is 0.625. The molecule has 1 aromatic carbocycles.